The number of ether oxygens (including phenoxy) is 1. The second-order valence-corrected chi connectivity index (χ2v) is 8.13. The fourth-order valence-corrected chi connectivity index (χ4v) is 3.85. The molecule has 0 spiro atoms. The van der Waals surface area contributed by atoms with Gasteiger partial charge in [0.2, 0.25) is 15.9 Å². The van der Waals surface area contributed by atoms with Crippen molar-refractivity contribution in [1.82, 2.24) is 15.0 Å². The van der Waals surface area contributed by atoms with Crippen LogP contribution in [0.1, 0.15) is 37.9 Å². The lowest BCUT2D eigenvalue weighted by Gasteiger charge is -2.17. The van der Waals surface area contributed by atoms with Gasteiger partial charge in [-0.3, -0.25) is 9.78 Å². The van der Waals surface area contributed by atoms with Gasteiger partial charge in [-0.1, -0.05) is 26.0 Å². The number of pyridine rings is 1. The number of hydrogen-bond acceptors (Lipinski definition) is 5. The Hall–Kier alpha value is -2.45. The van der Waals surface area contributed by atoms with Crippen LogP contribution < -0.4 is 14.8 Å². The summed E-state index contributed by atoms with van der Waals surface area (Å²) in [6.45, 7) is 5.65. The number of nitrogens with zero attached hydrogens (tertiary/aromatic N) is 1. The SMILES string of the molecule is COc1ccc(C(C)C)cc1S(=O)(=O)NC(C)C(=O)NCc1ccccn1. The molecule has 0 fully saturated rings. The van der Waals surface area contributed by atoms with Gasteiger partial charge in [-0.25, -0.2) is 8.42 Å². The molecule has 0 bridgehead atoms. The van der Waals surface area contributed by atoms with E-state index in [2.05, 4.69) is 15.0 Å². The molecule has 1 aromatic carbocycles. The van der Waals surface area contributed by atoms with Crippen LogP contribution in [0.3, 0.4) is 0 Å². The molecular weight excluding hydrogens is 366 g/mol. The molecule has 0 radical (unpaired) electrons. The van der Waals surface area contributed by atoms with Crippen molar-refractivity contribution < 1.29 is 17.9 Å². The first-order valence-corrected chi connectivity index (χ1v) is 10.1. The number of aromatic nitrogens is 1. The van der Waals surface area contributed by atoms with Crippen molar-refractivity contribution >= 4 is 15.9 Å². The Morgan fingerprint density at radius 3 is 2.52 bits per heavy atom. The summed E-state index contributed by atoms with van der Waals surface area (Å²) in [6, 6.07) is 9.43. The smallest absolute Gasteiger partial charge is 0.244 e. The van der Waals surface area contributed by atoms with E-state index in [4.69, 9.17) is 4.74 Å². The standard InChI is InChI=1S/C19H25N3O4S/c1-13(2)15-8-9-17(26-4)18(11-15)27(24,25)22-14(3)19(23)21-12-16-7-5-6-10-20-16/h5-11,13-14,22H,12H2,1-4H3,(H,21,23). The highest BCUT2D eigenvalue weighted by Gasteiger charge is 2.25. The van der Waals surface area contributed by atoms with Gasteiger partial charge in [0.1, 0.15) is 10.6 Å². The Kier molecular flexibility index (Phi) is 6.92. The van der Waals surface area contributed by atoms with Crippen molar-refractivity contribution in [3.63, 3.8) is 0 Å². The molecule has 8 heteroatoms. The highest BCUT2D eigenvalue weighted by atomic mass is 32.2. The average molecular weight is 391 g/mol. The van der Waals surface area contributed by atoms with E-state index in [1.54, 1.807) is 30.5 Å². The van der Waals surface area contributed by atoms with Gasteiger partial charge in [-0.15, -0.1) is 0 Å². The zero-order valence-electron chi connectivity index (χ0n) is 15.9. The lowest BCUT2D eigenvalue weighted by Crippen LogP contribution is -2.44. The zero-order valence-corrected chi connectivity index (χ0v) is 16.7. The summed E-state index contributed by atoms with van der Waals surface area (Å²) in [5.41, 5.74) is 1.55. The van der Waals surface area contributed by atoms with Crippen LogP contribution in [-0.2, 0) is 21.4 Å². The molecular formula is C19H25N3O4S. The highest BCUT2D eigenvalue weighted by Crippen LogP contribution is 2.28. The van der Waals surface area contributed by atoms with Crippen LogP contribution in [0.25, 0.3) is 0 Å². The quantitative estimate of drug-likeness (QED) is 0.719. The van der Waals surface area contributed by atoms with E-state index in [-0.39, 0.29) is 23.1 Å². The Labute approximate surface area is 160 Å². The lowest BCUT2D eigenvalue weighted by atomic mass is 10.0. The third kappa shape index (κ3) is 5.51. The molecule has 146 valence electrons. The number of carbonyl (C=O) groups excluding carboxylic acids is 1. The van der Waals surface area contributed by atoms with Crippen LogP contribution in [0.4, 0.5) is 0 Å². The maximum atomic E-state index is 12.8. The normalized spacial score (nSPS) is 12.6. The Morgan fingerprint density at radius 2 is 1.93 bits per heavy atom. The number of nitrogens with one attached hydrogen (secondary N) is 2. The molecule has 0 aliphatic carbocycles. The maximum absolute atomic E-state index is 12.8. The number of hydrogen-bond donors (Lipinski definition) is 2. The van der Waals surface area contributed by atoms with Crippen molar-refractivity contribution in [2.75, 3.05) is 7.11 Å². The molecule has 27 heavy (non-hydrogen) atoms. The average Bonchev–Trinajstić information content (AvgIpc) is 2.65. The number of benzene rings is 1. The van der Waals surface area contributed by atoms with Gasteiger partial charge >= 0.3 is 0 Å². The number of sulfonamides is 1. The first-order valence-electron chi connectivity index (χ1n) is 8.62. The molecule has 1 unspecified atom stereocenters. The van der Waals surface area contributed by atoms with Gasteiger partial charge < -0.3 is 10.1 Å². The Balaban J connectivity index is 2.12. The van der Waals surface area contributed by atoms with Crippen LogP contribution in [0.5, 0.6) is 5.75 Å². The molecule has 2 N–H and O–H groups in total. The monoisotopic (exact) mass is 391 g/mol. The molecule has 0 aliphatic heterocycles. The summed E-state index contributed by atoms with van der Waals surface area (Å²) in [4.78, 5) is 16.4. The van der Waals surface area contributed by atoms with E-state index < -0.39 is 22.0 Å². The van der Waals surface area contributed by atoms with Gasteiger partial charge in [-0.2, -0.15) is 4.72 Å². The van der Waals surface area contributed by atoms with Crippen molar-refractivity contribution in [2.24, 2.45) is 0 Å². The molecule has 1 amide bonds. The van der Waals surface area contributed by atoms with Gasteiger partial charge in [0, 0.05) is 6.20 Å². The molecule has 7 nitrogen and oxygen atoms in total. The van der Waals surface area contributed by atoms with Crippen LogP contribution in [0, 0.1) is 0 Å². The predicted octanol–water partition coefficient (Wildman–Crippen LogP) is 2.20. The van der Waals surface area contributed by atoms with Crippen LogP contribution in [0.2, 0.25) is 0 Å². The van der Waals surface area contributed by atoms with E-state index in [1.165, 1.54) is 14.0 Å². The van der Waals surface area contributed by atoms with Gasteiger partial charge in [-0.05, 0) is 42.7 Å². The van der Waals surface area contributed by atoms with E-state index in [0.717, 1.165) is 5.56 Å². The third-order valence-corrected chi connectivity index (χ3v) is 5.60. The first-order chi connectivity index (χ1) is 12.7. The van der Waals surface area contributed by atoms with Gasteiger partial charge in [0.15, 0.2) is 0 Å². The lowest BCUT2D eigenvalue weighted by molar-refractivity contribution is -0.122. The van der Waals surface area contributed by atoms with Crippen LogP contribution in [0.15, 0.2) is 47.5 Å². The zero-order chi connectivity index (χ0) is 20.0. The molecule has 1 aromatic heterocycles. The third-order valence-electron chi connectivity index (χ3n) is 4.04. The summed E-state index contributed by atoms with van der Waals surface area (Å²) >= 11 is 0. The highest BCUT2D eigenvalue weighted by molar-refractivity contribution is 7.89. The number of carbonyl (C=O) groups is 1. The molecule has 1 heterocycles. The van der Waals surface area contributed by atoms with E-state index in [1.807, 2.05) is 26.0 Å². The Bertz CT molecular complexity index is 883. The summed E-state index contributed by atoms with van der Waals surface area (Å²) in [6.07, 6.45) is 1.63. The minimum atomic E-state index is -3.94. The molecule has 0 saturated carbocycles. The van der Waals surface area contributed by atoms with Crippen molar-refractivity contribution in [2.45, 2.75) is 44.2 Å². The first kappa shape index (κ1) is 20.9. The fraction of sp³-hybridized carbons (Fsp3) is 0.368. The van der Waals surface area contributed by atoms with Gasteiger partial charge in [0.05, 0.1) is 25.4 Å². The van der Waals surface area contributed by atoms with Crippen molar-refractivity contribution in [1.29, 1.82) is 0 Å². The van der Waals surface area contributed by atoms with Crippen LogP contribution >= 0.6 is 0 Å². The topological polar surface area (TPSA) is 97.4 Å². The Morgan fingerprint density at radius 1 is 1.19 bits per heavy atom. The maximum Gasteiger partial charge on any atom is 0.244 e. The van der Waals surface area contributed by atoms with E-state index >= 15 is 0 Å². The number of amides is 1. The molecule has 0 saturated heterocycles. The minimum absolute atomic E-state index is 0.0144. The fourth-order valence-electron chi connectivity index (χ4n) is 2.45. The largest absolute Gasteiger partial charge is 0.495 e. The minimum Gasteiger partial charge on any atom is -0.495 e. The summed E-state index contributed by atoms with van der Waals surface area (Å²) in [7, 11) is -2.53. The summed E-state index contributed by atoms with van der Waals surface area (Å²) in [5.74, 6) is -0.0554. The molecule has 1 atom stereocenters. The number of rotatable bonds is 8. The van der Waals surface area contributed by atoms with E-state index in [0.29, 0.717) is 5.69 Å². The van der Waals surface area contributed by atoms with E-state index in [9.17, 15) is 13.2 Å². The second-order valence-electron chi connectivity index (χ2n) is 6.45. The predicted molar refractivity (Wildman–Crippen MR) is 103 cm³/mol. The summed E-state index contributed by atoms with van der Waals surface area (Å²) < 4.78 is 33.2. The summed E-state index contributed by atoms with van der Waals surface area (Å²) in [5, 5.41) is 2.67. The van der Waals surface area contributed by atoms with Crippen LogP contribution in [-0.4, -0.2) is 32.5 Å². The van der Waals surface area contributed by atoms with Crippen molar-refractivity contribution in [3.8, 4) is 5.75 Å². The number of methoxy groups -OCH3 is 1. The molecule has 2 aromatic rings. The molecule has 0 aliphatic rings. The van der Waals surface area contributed by atoms with Gasteiger partial charge in [0.25, 0.3) is 0 Å². The molecule has 2 rings (SSSR count). The van der Waals surface area contributed by atoms with Crippen molar-refractivity contribution in [3.05, 3.63) is 53.9 Å². The second kappa shape index (κ2) is 8.96.